The number of nitrogens with zero attached hydrogens (tertiary/aromatic N) is 2. The van der Waals surface area contributed by atoms with Crippen molar-refractivity contribution in [2.45, 2.75) is 65.6 Å². The highest BCUT2D eigenvalue weighted by Gasteiger charge is 2.56. The number of ether oxygens (including phenoxy) is 2. The summed E-state index contributed by atoms with van der Waals surface area (Å²) in [7, 11) is 0. The fraction of sp³-hybridized carbons (Fsp3) is 0.800. The fourth-order valence-electron chi connectivity index (χ4n) is 3.80. The highest BCUT2D eigenvalue weighted by molar-refractivity contribution is 5.88. The van der Waals surface area contributed by atoms with Gasteiger partial charge in [-0.15, -0.1) is 0 Å². The number of esters is 1. The van der Waals surface area contributed by atoms with Gasteiger partial charge in [-0.1, -0.05) is 13.8 Å². The van der Waals surface area contributed by atoms with Crippen LogP contribution in [0, 0.1) is 11.3 Å². The molecule has 2 rings (SSSR count). The van der Waals surface area contributed by atoms with Crippen LogP contribution in [0.15, 0.2) is 12.5 Å². The summed E-state index contributed by atoms with van der Waals surface area (Å²) in [4.78, 5) is 29.0. The van der Waals surface area contributed by atoms with Crippen LogP contribution in [0.3, 0.4) is 0 Å². The molecule has 2 aliphatic heterocycles. The van der Waals surface area contributed by atoms with Gasteiger partial charge in [0.1, 0.15) is 11.6 Å². The molecule has 0 bridgehead atoms. The summed E-state index contributed by atoms with van der Waals surface area (Å²) in [6.07, 6.45) is 0.585. The third kappa shape index (κ3) is 4.75. The van der Waals surface area contributed by atoms with Crippen molar-refractivity contribution >= 4 is 11.9 Å². The van der Waals surface area contributed by atoms with E-state index in [2.05, 4.69) is 11.5 Å². The summed E-state index contributed by atoms with van der Waals surface area (Å²) < 4.78 is 11.1. The Bertz CT molecular complexity index is 591. The number of hydrogen-bond acceptors (Lipinski definition) is 6. The van der Waals surface area contributed by atoms with Gasteiger partial charge in [0.2, 0.25) is 5.91 Å². The van der Waals surface area contributed by atoms with Crippen molar-refractivity contribution in [2.75, 3.05) is 26.2 Å². The lowest BCUT2D eigenvalue weighted by Crippen LogP contribution is -2.58. The molecule has 1 spiro atoms. The number of likely N-dealkylation sites (tertiary alicyclic amines) is 2. The molecule has 154 valence electrons. The van der Waals surface area contributed by atoms with Crippen LogP contribution >= 0.6 is 0 Å². The number of carbonyl (C=O) groups excluding carboxylic acids is 2. The van der Waals surface area contributed by atoms with E-state index in [9.17, 15) is 9.59 Å². The molecule has 0 aromatic carbocycles. The van der Waals surface area contributed by atoms with Crippen molar-refractivity contribution < 1.29 is 19.1 Å². The first-order valence-corrected chi connectivity index (χ1v) is 9.75. The van der Waals surface area contributed by atoms with Gasteiger partial charge in [0.15, 0.2) is 5.88 Å². The maximum absolute atomic E-state index is 12.9. The Morgan fingerprint density at radius 2 is 1.85 bits per heavy atom. The number of carbonyl (C=O) groups is 2. The van der Waals surface area contributed by atoms with Gasteiger partial charge in [0.25, 0.3) is 0 Å². The lowest BCUT2D eigenvalue weighted by atomic mass is 9.78. The SMILES string of the molecule is C=C(OC(C)(C)C)N1CC2(CC(C(=O)OCC)N(C(=O)C(N)C(C)C)C2)C1. The summed E-state index contributed by atoms with van der Waals surface area (Å²) in [5.41, 5.74) is 5.63. The van der Waals surface area contributed by atoms with Crippen molar-refractivity contribution in [2.24, 2.45) is 17.1 Å². The second-order valence-corrected chi connectivity index (χ2v) is 9.17. The van der Waals surface area contributed by atoms with E-state index in [1.54, 1.807) is 11.8 Å². The van der Waals surface area contributed by atoms with E-state index in [-0.39, 0.29) is 28.8 Å². The molecule has 2 unspecified atom stereocenters. The van der Waals surface area contributed by atoms with E-state index in [1.807, 2.05) is 34.6 Å². The lowest BCUT2D eigenvalue weighted by molar-refractivity contribution is -0.153. The standard InChI is InChI=1S/C20H35N3O4/c1-8-26-18(25)15-9-20(12-23(15)17(24)16(21)13(2)3)10-22(11-20)14(4)27-19(5,6)7/h13,15-16H,4,8-12,21H2,1-3,5-7H3. The van der Waals surface area contributed by atoms with E-state index < -0.39 is 12.1 Å². The topological polar surface area (TPSA) is 85.1 Å². The third-order valence-electron chi connectivity index (χ3n) is 5.18. The van der Waals surface area contributed by atoms with Crippen LogP contribution < -0.4 is 5.73 Å². The molecule has 7 nitrogen and oxygen atoms in total. The largest absolute Gasteiger partial charge is 0.474 e. The van der Waals surface area contributed by atoms with Crippen LogP contribution in [0.5, 0.6) is 0 Å². The minimum absolute atomic E-state index is 0.00903. The van der Waals surface area contributed by atoms with Gasteiger partial charge in [0, 0.05) is 25.0 Å². The maximum Gasteiger partial charge on any atom is 0.328 e. The minimum atomic E-state index is -0.618. The maximum atomic E-state index is 12.9. The monoisotopic (exact) mass is 381 g/mol. The first-order valence-electron chi connectivity index (χ1n) is 9.75. The second kappa shape index (κ2) is 7.70. The van der Waals surface area contributed by atoms with Crippen molar-refractivity contribution in [3.8, 4) is 0 Å². The van der Waals surface area contributed by atoms with Crippen molar-refractivity contribution in [3.05, 3.63) is 12.5 Å². The van der Waals surface area contributed by atoms with E-state index in [0.717, 1.165) is 0 Å². The predicted octanol–water partition coefficient (Wildman–Crippen LogP) is 1.72. The average molecular weight is 382 g/mol. The first-order chi connectivity index (χ1) is 12.4. The van der Waals surface area contributed by atoms with Crippen LogP contribution in [0.1, 0.15) is 48.0 Å². The van der Waals surface area contributed by atoms with Gasteiger partial charge in [-0.2, -0.15) is 0 Å². The predicted molar refractivity (Wildman–Crippen MR) is 104 cm³/mol. The Labute approximate surface area is 162 Å². The molecule has 2 atom stereocenters. The van der Waals surface area contributed by atoms with Crippen molar-refractivity contribution in [1.82, 2.24) is 9.80 Å². The zero-order chi connectivity index (χ0) is 20.6. The zero-order valence-corrected chi connectivity index (χ0v) is 17.6. The molecule has 1 amide bonds. The van der Waals surface area contributed by atoms with Crippen LogP contribution in [0.25, 0.3) is 0 Å². The van der Waals surface area contributed by atoms with Crippen LogP contribution in [0.2, 0.25) is 0 Å². The molecule has 0 radical (unpaired) electrons. The van der Waals surface area contributed by atoms with Crippen molar-refractivity contribution in [1.29, 1.82) is 0 Å². The molecule has 0 aliphatic carbocycles. The number of amides is 1. The molecular weight excluding hydrogens is 346 g/mol. The van der Waals surface area contributed by atoms with Crippen LogP contribution in [0.4, 0.5) is 0 Å². The summed E-state index contributed by atoms with van der Waals surface area (Å²) in [6.45, 7) is 17.8. The summed E-state index contributed by atoms with van der Waals surface area (Å²) in [6, 6.07) is -1.19. The van der Waals surface area contributed by atoms with E-state index in [4.69, 9.17) is 15.2 Å². The molecule has 0 aromatic rings. The Morgan fingerprint density at radius 3 is 2.33 bits per heavy atom. The highest BCUT2D eigenvalue weighted by atomic mass is 16.5. The van der Waals surface area contributed by atoms with E-state index >= 15 is 0 Å². The summed E-state index contributed by atoms with van der Waals surface area (Å²) in [5.74, 6) is 0.115. The Kier molecular flexibility index (Phi) is 6.14. The molecule has 0 aromatic heterocycles. The van der Waals surface area contributed by atoms with E-state index in [1.165, 1.54) is 0 Å². The molecule has 2 aliphatic rings. The second-order valence-electron chi connectivity index (χ2n) is 9.17. The Morgan fingerprint density at radius 1 is 1.26 bits per heavy atom. The molecule has 2 N–H and O–H groups in total. The smallest absolute Gasteiger partial charge is 0.328 e. The van der Waals surface area contributed by atoms with Gasteiger partial charge < -0.3 is 25.0 Å². The van der Waals surface area contributed by atoms with Gasteiger partial charge in [-0.25, -0.2) is 4.79 Å². The van der Waals surface area contributed by atoms with Crippen LogP contribution in [-0.2, 0) is 19.1 Å². The van der Waals surface area contributed by atoms with Crippen LogP contribution in [-0.4, -0.2) is 65.6 Å². The minimum Gasteiger partial charge on any atom is -0.474 e. The Balaban J connectivity index is 2.10. The molecular formula is C20H35N3O4. The number of hydrogen-bond donors (Lipinski definition) is 1. The molecule has 7 heteroatoms. The van der Waals surface area contributed by atoms with Crippen molar-refractivity contribution in [3.63, 3.8) is 0 Å². The molecule has 2 heterocycles. The molecule has 2 saturated heterocycles. The molecule has 27 heavy (non-hydrogen) atoms. The van der Waals surface area contributed by atoms with Gasteiger partial charge in [-0.05, 0) is 46.6 Å². The number of nitrogens with two attached hydrogens (primary N) is 1. The molecule has 0 saturated carbocycles. The molecule has 2 fully saturated rings. The lowest BCUT2D eigenvalue weighted by Gasteiger charge is -2.50. The first kappa shape index (κ1) is 21.5. The van der Waals surface area contributed by atoms with Gasteiger partial charge in [0.05, 0.1) is 12.6 Å². The average Bonchev–Trinajstić information content (AvgIpc) is 2.91. The van der Waals surface area contributed by atoms with Gasteiger partial charge in [-0.3, -0.25) is 4.79 Å². The third-order valence-corrected chi connectivity index (χ3v) is 5.18. The highest BCUT2D eigenvalue weighted by Crippen LogP contribution is 2.45. The Hall–Kier alpha value is -1.76. The fourth-order valence-corrected chi connectivity index (χ4v) is 3.80. The zero-order valence-electron chi connectivity index (χ0n) is 17.6. The normalized spacial score (nSPS) is 22.6. The van der Waals surface area contributed by atoms with Gasteiger partial charge >= 0.3 is 5.97 Å². The van der Waals surface area contributed by atoms with E-state index in [0.29, 0.717) is 38.5 Å². The number of rotatable bonds is 6. The summed E-state index contributed by atoms with van der Waals surface area (Å²) >= 11 is 0. The quantitative estimate of drug-likeness (QED) is 0.557. The summed E-state index contributed by atoms with van der Waals surface area (Å²) in [5, 5.41) is 0.